The van der Waals surface area contributed by atoms with Gasteiger partial charge in [0.05, 0.1) is 24.0 Å². The van der Waals surface area contributed by atoms with Crippen LogP contribution in [0.5, 0.6) is 5.75 Å². The van der Waals surface area contributed by atoms with Crippen molar-refractivity contribution in [1.29, 1.82) is 0 Å². The fraction of sp³-hybridized carbons (Fsp3) is 0.450. The maximum atomic E-state index is 13.1. The van der Waals surface area contributed by atoms with Crippen LogP contribution in [-0.2, 0) is 21.0 Å². The van der Waals surface area contributed by atoms with Crippen molar-refractivity contribution in [2.45, 2.75) is 36.7 Å². The van der Waals surface area contributed by atoms with E-state index in [0.29, 0.717) is 12.0 Å². The van der Waals surface area contributed by atoms with Crippen LogP contribution in [0.1, 0.15) is 36.4 Å². The van der Waals surface area contributed by atoms with Gasteiger partial charge in [-0.2, -0.15) is 13.2 Å². The molecule has 1 saturated heterocycles. The Bertz CT molecular complexity index is 1130. The van der Waals surface area contributed by atoms with Gasteiger partial charge in [0.2, 0.25) is 15.9 Å². The van der Waals surface area contributed by atoms with E-state index in [1.807, 2.05) is 0 Å². The van der Waals surface area contributed by atoms with E-state index in [9.17, 15) is 26.4 Å². The average molecular weight is 485 g/mol. The summed E-state index contributed by atoms with van der Waals surface area (Å²) in [6.45, 7) is 0. The van der Waals surface area contributed by atoms with Crippen molar-refractivity contribution in [2.24, 2.45) is 11.8 Å². The summed E-state index contributed by atoms with van der Waals surface area (Å²) >= 11 is 0. The van der Waals surface area contributed by atoms with E-state index >= 15 is 0 Å². The zero-order chi connectivity index (χ0) is 23.8. The molecule has 4 rings (SSSR count). The van der Waals surface area contributed by atoms with E-state index in [4.69, 9.17) is 4.74 Å². The van der Waals surface area contributed by atoms with Crippen LogP contribution in [0.2, 0.25) is 0 Å². The summed E-state index contributed by atoms with van der Waals surface area (Å²) in [5.41, 5.74) is 5.03. The summed E-state index contributed by atoms with van der Waals surface area (Å²) in [4.78, 5) is 20.2. The van der Waals surface area contributed by atoms with Gasteiger partial charge in [0, 0.05) is 17.7 Å². The molecular weight excluding hydrogens is 463 g/mol. The number of benzene rings is 1. The number of alkyl halides is 3. The molecule has 2 fully saturated rings. The van der Waals surface area contributed by atoms with Gasteiger partial charge in [-0.1, -0.05) is 6.07 Å². The van der Waals surface area contributed by atoms with E-state index in [2.05, 4.69) is 25.5 Å². The second kappa shape index (κ2) is 8.78. The van der Waals surface area contributed by atoms with Gasteiger partial charge >= 0.3 is 6.18 Å². The van der Waals surface area contributed by atoms with Gasteiger partial charge in [-0.05, 0) is 43.4 Å². The number of anilines is 1. The molecule has 1 aliphatic carbocycles. The number of methoxy groups -OCH3 is 1. The highest BCUT2D eigenvalue weighted by atomic mass is 32.2. The topological polar surface area (TPSA) is 122 Å². The lowest BCUT2D eigenvalue weighted by Crippen LogP contribution is -2.57. The van der Waals surface area contributed by atoms with Crippen LogP contribution in [0, 0.1) is 11.8 Å². The number of nitrogens with one attached hydrogen (secondary N) is 3. The molecule has 2 aliphatic rings. The third-order valence-electron chi connectivity index (χ3n) is 6.13. The second-order valence-electron chi connectivity index (χ2n) is 8.01. The van der Waals surface area contributed by atoms with E-state index in [0.717, 1.165) is 12.1 Å². The number of fused-ring (bicyclic) bond motifs is 1. The molecule has 2 aromatic rings. The van der Waals surface area contributed by atoms with Gasteiger partial charge in [-0.15, -0.1) is 0 Å². The van der Waals surface area contributed by atoms with Gasteiger partial charge in [0.15, 0.2) is 0 Å². The first-order valence-corrected chi connectivity index (χ1v) is 11.7. The molecule has 2 heterocycles. The van der Waals surface area contributed by atoms with Crippen LogP contribution >= 0.6 is 0 Å². The highest BCUT2D eigenvalue weighted by molar-refractivity contribution is 7.93. The van der Waals surface area contributed by atoms with Gasteiger partial charge < -0.3 is 4.74 Å². The Morgan fingerprint density at radius 1 is 1.21 bits per heavy atom. The van der Waals surface area contributed by atoms with Crippen molar-refractivity contribution in [3.05, 3.63) is 47.9 Å². The molecule has 178 valence electrons. The second-order valence-corrected chi connectivity index (χ2v) is 9.97. The first-order valence-electron chi connectivity index (χ1n) is 10.2. The standard InChI is InChI=1S/C20H22F3N5O4S/c1-32-16-8-11(20(21,22)23)2-4-14(16)18-13-5-3-12(9-15(13)19(29)27-26-18)33(30,31)28-17-6-7-24-10-25-17/h2,4,6-8,10,12-13,15,18,26H,3,5,9H2,1H3,(H,27,29)(H,24,25,28). The maximum absolute atomic E-state index is 13.1. The molecule has 4 unspecified atom stereocenters. The van der Waals surface area contributed by atoms with Crippen molar-refractivity contribution in [3.63, 3.8) is 0 Å². The summed E-state index contributed by atoms with van der Waals surface area (Å²) in [5, 5.41) is -0.826. The zero-order valence-corrected chi connectivity index (χ0v) is 18.3. The van der Waals surface area contributed by atoms with Crippen LogP contribution in [0.25, 0.3) is 0 Å². The number of sulfonamides is 1. The molecule has 0 bridgehead atoms. The molecule has 0 spiro atoms. The Hall–Kier alpha value is -2.93. The number of carbonyl (C=O) groups excluding carboxylic acids is 1. The molecule has 33 heavy (non-hydrogen) atoms. The third-order valence-corrected chi connectivity index (χ3v) is 7.93. The molecule has 1 aliphatic heterocycles. The Balaban J connectivity index is 1.57. The Morgan fingerprint density at radius 3 is 2.67 bits per heavy atom. The number of halogens is 3. The van der Waals surface area contributed by atoms with Crippen molar-refractivity contribution >= 4 is 21.7 Å². The number of carbonyl (C=O) groups is 1. The van der Waals surface area contributed by atoms with Gasteiger partial charge in [-0.25, -0.2) is 23.8 Å². The van der Waals surface area contributed by atoms with Gasteiger partial charge in [-0.3, -0.25) is 14.9 Å². The fourth-order valence-electron chi connectivity index (χ4n) is 4.52. The molecule has 3 N–H and O–H groups in total. The largest absolute Gasteiger partial charge is 0.496 e. The summed E-state index contributed by atoms with van der Waals surface area (Å²) in [6.07, 6.45) is -1.18. The maximum Gasteiger partial charge on any atom is 0.416 e. The first kappa shape index (κ1) is 23.2. The number of hydrogen-bond donors (Lipinski definition) is 3. The van der Waals surface area contributed by atoms with Crippen molar-refractivity contribution in [3.8, 4) is 5.75 Å². The predicted molar refractivity (Wildman–Crippen MR) is 111 cm³/mol. The average Bonchev–Trinajstić information content (AvgIpc) is 2.78. The van der Waals surface area contributed by atoms with Crippen LogP contribution in [0.4, 0.5) is 19.0 Å². The minimum atomic E-state index is -4.52. The zero-order valence-electron chi connectivity index (χ0n) is 17.5. The molecule has 1 aromatic heterocycles. The van der Waals surface area contributed by atoms with Crippen LogP contribution in [0.3, 0.4) is 0 Å². The number of hydrazine groups is 1. The minimum Gasteiger partial charge on any atom is -0.496 e. The molecular formula is C20H22F3N5O4S. The van der Waals surface area contributed by atoms with Crippen molar-refractivity contribution in [2.75, 3.05) is 11.8 Å². The molecule has 13 heteroatoms. The summed E-state index contributed by atoms with van der Waals surface area (Å²) in [7, 11) is -2.54. The van der Waals surface area contributed by atoms with E-state index in [-0.39, 0.29) is 36.2 Å². The highest BCUT2D eigenvalue weighted by Crippen LogP contribution is 2.45. The summed E-state index contributed by atoms with van der Waals surface area (Å²) in [5.74, 6) is -1.16. The number of amides is 1. The van der Waals surface area contributed by atoms with Crippen LogP contribution in [0.15, 0.2) is 36.8 Å². The smallest absolute Gasteiger partial charge is 0.416 e. The van der Waals surface area contributed by atoms with Gasteiger partial charge in [0.1, 0.15) is 17.9 Å². The SMILES string of the molecule is COc1cc(C(F)(F)F)ccc1C1NNC(=O)C2CC(S(=O)(=O)Nc3ccncn3)CCC21. The Kier molecular flexibility index (Phi) is 6.18. The van der Waals surface area contributed by atoms with E-state index in [1.165, 1.54) is 31.8 Å². The fourth-order valence-corrected chi connectivity index (χ4v) is 6.01. The van der Waals surface area contributed by atoms with E-state index in [1.54, 1.807) is 0 Å². The quantitative estimate of drug-likeness (QED) is 0.595. The summed E-state index contributed by atoms with van der Waals surface area (Å²) < 4.78 is 72.7. The molecule has 1 amide bonds. The lowest BCUT2D eigenvalue weighted by Gasteiger charge is -2.43. The van der Waals surface area contributed by atoms with Gasteiger partial charge in [0.25, 0.3) is 0 Å². The minimum absolute atomic E-state index is 0.0393. The molecule has 1 saturated carbocycles. The van der Waals surface area contributed by atoms with Crippen molar-refractivity contribution in [1.82, 2.24) is 20.8 Å². The highest BCUT2D eigenvalue weighted by Gasteiger charge is 2.47. The number of aromatic nitrogens is 2. The number of rotatable bonds is 5. The molecule has 9 nitrogen and oxygen atoms in total. The van der Waals surface area contributed by atoms with Crippen molar-refractivity contribution < 1.29 is 31.1 Å². The lowest BCUT2D eigenvalue weighted by atomic mass is 9.72. The van der Waals surface area contributed by atoms with E-state index < -0.39 is 39.0 Å². The first-order chi connectivity index (χ1) is 15.6. The number of nitrogens with zero attached hydrogens (tertiary/aromatic N) is 2. The predicted octanol–water partition coefficient (Wildman–Crippen LogP) is 2.41. The molecule has 1 aromatic carbocycles. The third kappa shape index (κ3) is 4.74. The normalized spacial score (nSPS) is 25.6. The number of hydrogen-bond acceptors (Lipinski definition) is 7. The number of ether oxygens (including phenoxy) is 1. The Labute approximate surface area is 188 Å². The molecule has 0 radical (unpaired) electrons. The van der Waals surface area contributed by atoms with Crippen LogP contribution in [-0.4, -0.2) is 36.7 Å². The molecule has 4 atom stereocenters. The summed E-state index contributed by atoms with van der Waals surface area (Å²) in [6, 6.07) is 4.10. The lowest BCUT2D eigenvalue weighted by molar-refractivity contribution is -0.137. The van der Waals surface area contributed by atoms with Crippen LogP contribution < -0.4 is 20.3 Å². The Morgan fingerprint density at radius 2 is 2.00 bits per heavy atom. The monoisotopic (exact) mass is 485 g/mol.